The molecule has 210 valence electrons. The number of fused-ring (bicyclic) bond motifs is 3. The van der Waals surface area contributed by atoms with E-state index in [-0.39, 0.29) is 36.3 Å². The highest BCUT2D eigenvalue weighted by Gasteiger charge is 2.45. The van der Waals surface area contributed by atoms with Crippen LogP contribution in [0.1, 0.15) is 49.3 Å². The summed E-state index contributed by atoms with van der Waals surface area (Å²) in [5, 5.41) is 13.1. The Morgan fingerprint density at radius 1 is 1.18 bits per heavy atom. The molecule has 1 aromatic carbocycles. The maximum atomic E-state index is 13.5. The van der Waals surface area contributed by atoms with Crippen LogP contribution in [0, 0.1) is 11.8 Å². The number of hydrogen-bond donors (Lipinski definition) is 3. The molecule has 0 bridgehead atoms. The number of allylic oxidation sites excluding steroid dienone is 3. The molecule has 3 aliphatic heterocycles. The third-order valence-electron chi connectivity index (χ3n) is 8.16. The number of nitrogens with zero attached hydrogens (tertiary/aromatic N) is 1. The third-order valence-corrected chi connectivity index (χ3v) is 9.59. The van der Waals surface area contributed by atoms with Crippen molar-refractivity contribution in [2.45, 2.75) is 62.6 Å². The van der Waals surface area contributed by atoms with E-state index in [2.05, 4.69) is 27.1 Å². The molecule has 7 nitrogen and oxygen atoms in total. The van der Waals surface area contributed by atoms with Crippen molar-refractivity contribution in [1.29, 1.82) is 0 Å². The number of alkyl halides is 3. The predicted octanol–water partition coefficient (Wildman–Crippen LogP) is 3.84. The molecule has 11 heteroatoms. The zero-order valence-corrected chi connectivity index (χ0v) is 22.1. The molecule has 38 heavy (non-hydrogen) atoms. The second kappa shape index (κ2) is 11.3. The van der Waals surface area contributed by atoms with Crippen molar-refractivity contribution in [3.05, 3.63) is 53.6 Å². The molecule has 0 radical (unpaired) electrons. The van der Waals surface area contributed by atoms with Gasteiger partial charge >= 0.3 is 6.18 Å². The largest absolute Gasteiger partial charge is 0.416 e. The average Bonchev–Trinajstić information content (AvgIpc) is 3.31. The van der Waals surface area contributed by atoms with Crippen LogP contribution in [0.3, 0.4) is 0 Å². The monoisotopic (exact) mass is 555 g/mol. The van der Waals surface area contributed by atoms with Gasteiger partial charge in [-0.15, -0.1) is 0 Å². The Morgan fingerprint density at radius 2 is 2.03 bits per heavy atom. The second-order valence-electron chi connectivity index (χ2n) is 10.9. The van der Waals surface area contributed by atoms with E-state index in [1.165, 1.54) is 12.1 Å². The summed E-state index contributed by atoms with van der Waals surface area (Å²) in [5.41, 5.74) is 0.407. The number of aliphatic hydroxyl groups is 1. The zero-order chi connectivity index (χ0) is 26.9. The Kier molecular flexibility index (Phi) is 8.21. The first kappa shape index (κ1) is 27.6. The standard InChI is InChI=1S/C27H36F3N3O4S/c28-27(29,30)19-7-10-24-23(15-19)26-22(25(32-24)18-5-2-1-3-6-18)9-8-21(37-26)16-31-38(35,36)14-4-12-33-13-11-20(34)17-33/h1-3,5,7,10,15,18,20-22,25-26,31-32,34H,4,6,8-9,11-14,16-17H2/t18?,20-,21-,22+,25+,26+/m1/s1. The van der Waals surface area contributed by atoms with Crippen molar-refractivity contribution in [2.75, 3.05) is 37.2 Å². The van der Waals surface area contributed by atoms with Crippen molar-refractivity contribution in [2.24, 2.45) is 11.8 Å². The van der Waals surface area contributed by atoms with Gasteiger partial charge in [-0.25, -0.2) is 13.1 Å². The number of benzene rings is 1. The van der Waals surface area contributed by atoms with Gasteiger partial charge in [-0.2, -0.15) is 13.2 Å². The summed E-state index contributed by atoms with van der Waals surface area (Å²) in [6, 6.07) is 3.76. The minimum Gasteiger partial charge on any atom is -0.392 e. The van der Waals surface area contributed by atoms with E-state index < -0.39 is 34.0 Å². The van der Waals surface area contributed by atoms with Crippen LogP contribution in [-0.4, -0.2) is 68.6 Å². The maximum absolute atomic E-state index is 13.5. The van der Waals surface area contributed by atoms with Gasteiger partial charge in [-0.3, -0.25) is 0 Å². The Labute approximate surface area is 222 Å². The summed E-state index contributed by atoms with van der Waals surface area (Å²) in [6.07, 6.45) is 5.79. The summed E-state index contributed by atoms with van der Waals surface area (Å²) in [6.45, 7) is 2.05. The molecule has 2 saturated heterocycles. The predicted molar refractivity (Wildman–Crippen MR) is 139 cm³/mol. The number of β-amino-alcohol motifs (C(OH)–C–C–N with tert-alkyl or cyclic N) is 1. The average molecular weight is 556 g/mol. The molecule has 0 spiro atoms. The fourth-order valence-corrected chi connectivity index (χ4v) is 7.29. The first-order valence-corrected chi connectivity index (χ1v) is 15.1. The Balaban J connectivity index is 1.25. The van der Waals surface area contributed by atoms with E-state index in [1.807, 2.05) is 12.2 Å². The van der Waals surface area contributed by atoms with Gasteiger partial charge < -0.3 is 20.1 Å². The smallest absolute Gasteiger partial charge is 0.392 e. The molecular formula is C27H36F3N3O4S. The highest BCUT2D eigenvalue weighted by Crippen LogP contribution is 2.49. The van der Waals surface area contributed by atoms with Crippen LogP contribution >= 0.6 is 0 Å². The molecule has 1 aromatic rings. The van der Waals surface area contributed by atoms with Crippen LogP contribution in [0.25, 0.3) is 0 Å². The van der Waals surface area contributed by atoms with E-state index in [1.54, 1.807) is 0 Å². The van der Waals surface area contributed by atoms with Gasteiger partial charge in [0.05, 0.1) is 29.6 Å². The van der Waals surface area contributed by atoms with Crippen molar-refractivity contribution in [3.8, 4) is 0 Å². The van der Waals surface area contributed by atoms with Gasteiger partial charge in [0.1, 0.15) is 0 Å². The molecule has 0 amide bonds. The third kappa shape index (κ3) is 6.44. The number of anilines is 1. The van der Waals surface area contributed by atoms with Crippen molar-refractivity contribution < 1.29 is 31.4 Å². The van der Waals surface area contributed by atoms with Crippen molar-refractivity contribution in [1.82, 2.24) is 9.62 Å². The fourth-order valence-electron chi connectivity index (χ4n) is 6.20. The molecule has 2 fully saturated rings. The number of halogens is 3. The van der Waals surface area contributed by atoms with E-state index in [4.69, 9.17) is 4.74 Å². The maximum Gasteiger partial charge on any atom is 0.416 e. The van der Waals surface area contributed by atoms with E-state index in [0.29, 0.717) is 43.6 Å². The normalized spacial score (nSPS) is 31.6. The first-order valence-electron chi connectivity index (χ1n) is 13.4. The van der Waals surface area contributed by atoms with Crippen LogP contribution in [0.2, 0.25) is 0 Å². The van der Waals surface area contributed by atoms with Crippen LogP contribution < -0.4 is 10.0 Å². The summed E-state index contributed by atoms with van der Waals surface area (Å²) in [7, 11) is -3.53. The number of likely N-dealkylation sites (tertiary alicyclic amines) is 1. The van der Waals surface area contributed by atoms with E-state index in [0.717, 1.165) is 25.5 Å². The number of sulfonamides is 1. The first-order chi connectivity index (χ1) is 18.1. The summed E-state index contributed by atoms with van der Waals surface area (Å²) in [4.78, 5) is 2.06. The summed E-state index contributed by atoms with van der Waals surface area (Å²) in [5.74, 6) is 0.137. The highest BCUT2D eigenvalue weighted by molar-refractivity contribution is 7.89. The van der Waals surface area contributed by atoms with Crippen LogP contribution in [0.4, 0.5) is 18.9 Å². The Morgan fingerprint density at radius 3 is 2.74 bits per heavy atom. The van der Waals surface area contributed by atoms with Gasteiger partial charge in [0.15, 0.2) is 0 Å². The van der Waals surface area contributed by atoms with Crippen molar-refractivity contribution >= 4 is 15.7 Å². The number of rotatable bonds is 8. The lowest BCUT2D eigenvalue weighted by atomic mass is 9.73. The lowest BCUT2D eigenvalue weighted by molar-refractivity contribution is -0.138. The molecule has 6 atom stereocenters. The molecule has 4 aliphatic rings. The highest BCUT2D eigenvalue weighted by atomic mass is 32.2. The number of hydrogen-bond acceptors (Lipinski definition) is 6. The topological polar surface area (TPSA) is 90.9 Å². The minimum absolute atomic E-state index is 0.00665. The molecule has 0 saturated carbocycles. The second-order valence-corrected chi connectivity index (χ2v) is 12.8. The quantitative estimate of drug-likeness (QED) is 0.452. The minimum atomic E-state index is -4.46. The lowest BCUT2D eigenvalue weighted by Crippen LogP contribution is -2.48. The zero-order valence-electron chi connectivity index (χ0n) is 21.2. The lowest BCUT2D eigenvalue weighted by Gasteiger charge is -2.47. The number of aliphatic hydroxyl groups excluding tert-OH is 1. The van der Waals surface area contributed by atoms with Crippen molar-refractivity contribution in [3.63, 3.8) is 0 Å². The van der Waals surface area contributed by atoms with Crippen LogP contribution in [0.15, 0.2) is 42.5 Å². The molecule has 5 rings (SSSR count). The molecule has 1 unspecified atom stereocenters. The number of ether oxygens (including phenoxy) is 1. The van der Waals surface area contributed by atoms with E-state index >= 15 is 0 Å². The van der Waals surface area contributed by atoms with Gasteiger partial charge in [0.2, 0.25) is 10.0 Å². The summed E-state index contributed by atoms with van der Waals surface area (Å²) < 4.78 is 74.9. The Bertz CT molecular complexity index is 1160. The van der Waals surface area contributed by atoms with Gasteiger partial charge in [-0.05, 0) is 56.8 Å². The SMILES string of the molecule is O=S(=O)(CCCN1CC[C@@H](O)C1)NC[C@H]1CC[C@@H]2[C@H](O1)c1cc(C(F)(F)F)ccc1N[C@H]2C1C=CC=CC1. The van der Waals surface area contributed by atoms with Gasteiger partial charge in [0.25, 0.3) is 0 Å². The van der Waals surface area contributed by atoms with Gasteiger partial charge in [0, 0.05) is 48.8 Å². The molecule has 1 aliphatic carbocycles. The number of nitrogens with one attached hydrogen (secondary N) is 2. The Hall–Kier alpha value is -1.92. The van der Waals surface area contributed by atoms with Gasteiger partial charge in [-0.1, -0.05) is 24.3 Å². The van der Waals surface area contributed by atoms with E-state index in [9.17, 15) is 26.7 Å². The van der Waals surface area contributed by atoms with Crippen LogP contribution in [0.5, 0.6) is 0 Å². The fraction of sp³-hybridized carbons (Fsp3) is 0.630. The molecule has 3 heterocycles. The molecule has 0 aromatic heterocycles. The summed E-state index contributed by atoms with van der Waals surface area (Å²) >= 11 is 0. The van der Waals surface area contributed by atoms with Crippen LogP contribution in [-0.2, 0) is 20.9 Å². The molecular weight excluding hydrogens is 519 g/mol. The molecule has 3 N–H and O–H groups in total.